The summed E-state index contributed by atoms with van der Waals surface area (Å²) in [5.74, 6) is -1.13. The molecule has 3 aromatic heterocycles. The zero-order valence-corrected chi connectivity index (χ0v) is 17.8. The Balaban J connectivity index is 1.70. The summed E-state index contributed by atoms with van der Waals surface area (Å²) in [7, 11) is 1.58. The molecule has 1 N–H and O–H groups in total. The molecular formula is C22H15N3O4S2. The lowest BCUT2D eigenvalue weighted by molar-refractivity contribution is -0.132. The number of hydrogen-bond acceptors (Lipinski definition) is 8. The van der Waals surface area contributed by atoms with Gasteiger partial charge in [0.1, 0.15) is 11.4 Å². The maximum Gasteiger partial charge on any atom is 0.301 e. The van der Waals surface area contributed by atoms with Crippen LogP contribution < -0.4 is 9.64 Å². The predicted octanol–water partition coefficient (Wildman–Crippen LogP) is 4.39. The van der Waals surface area contributed by atoms with Crippen LogP contribution in [-0.2, 0) is 9.59 Å². The molecule has 0 aliphatic carbocycles. The van der Waals surface area contributed by atoms with Crippen molar-refractivity contribution in [2.45, 2.75) is 6.04 Å². The average molecular weight is 450 g/mol. The van der Waals surface area contributed by atoms with E-state index in [-0.39, 0.29) is 17.0 Å². The maximum atomic E-state index is 13.1. The Morgan fingerprint density at radius 2 is 2.06 bits per heavy atom. The molecule has 4 heterocycles. The minimum atomic E-state index is -0.796. The Morgan fingerprint density at radius 3 is 2.77 bits per heavy atom. The van der Waals surface area contributed by atoms with Crippen molar-refractivity contribution in [3.05, 3.63) is 76.3 Å². The van der Waals surface area contributed by atoms with Gasteiger partial charge in [0.15, 0.2) is 10.9 Å². The highest BCUT2D eigenvalue weighted by molar-refractivity contribution is 7.22. The third kappa shape index (κ3) is 3.18. The van der Waals surface area contributed by atoms with Crippen LogP contribution in [0, 0.1) is 0 Å². The molecule has 7 nitrogen and oxygen atoms in total. The van der Waals surface area contributed by atoms with E-state index in [9.17, 15) is 14.7 Å². The van der Waals surface area contributed by atoms with Crippen molar-refractivity contribution in [1.82, 2.24) is 9.97 Å². The van der Waals surface area contributed by atoms with Crippen LogP contribution in [0.5, 0.6) is 5.75 Å². The van der Waals surface area contributed by atoms with Crippen molar-refractivity contribution >= 4 is 55.5 Å². The SMILES string of the molecule is COc1ccc2nc(N3C(=O)C(=O)C(=C(O)c4ccccn4)C3c3ccsc3)sc2c1. The van der Waals surface area contributed by atoms with Gasteiger partial charge in [0, 0.05) is 6.20 Å². The number of thiazole rings is 1. The van der Waals surface area contributed by atoms with Crippen molar-refractivity contribution in [2.75, 3.05) is 12.0 Å². The molecule has 154 valence electrons. The van der Waals surface area contributed by atoms with E-state index in [1.165, 1.54) is 33.8 Å². The number of pyridine rings is 1. The van der Waals surface area contributed by atoms with Crippen molar-refractivity contribution in [3.8, 4) is 5.75 Å². The topological polar surface area (TPSA) is 92.6 Å². The number of benzene rings is 1. The number of rotatable bonds is 4. The molecule has 1 aliphatic heterocycles. The average Bonchev–Trinajstić information content (AvgIpc) is 3.52. The number of carbonyl (C=O) groups is 2. The number of methoxy groups -OCH3 is 1. The number of aromatic nitrogens is 2. The molecule has 5 rings (SSSR count). The number of aliphatic hydroxyl groups excluding tert-OH is 1. The molecule has 0 radical (unpaired) electrons. The van der Waals surface area contributed by atoms with Crippen LogP contribution in [0.25, 0.3) is 16.0 Å². The Hall–Kier alpha value is -3.56. The monoisotopic (exact) mass is 449 g/mol. The van der Waals surface area contributed by atoms with E-state index >= 15 is 0 Å². The number of ether oxygens (including phenoxy) is 1. The first kappa shape index (κ1) is 19.4. The summed E-state index contributed by atoms with van der Waals surface area (Å²) < 4.78 is 6.10. The predicted molar refractivity (Wildman–Crippen MR) is 120 cm³/mol. The van der Waals surface area contributed by atoms with Crippen molar-refractivity contribution in [2.24, 2.45) is 0 Å². The summed E-state index contributed by atoms with van der Waals surface area (Å²) >= 11 is 2.73. The Bertz CT molecular complexity index is 1330. The van der Waals surface area contributed by atoms with Gasteiger partial charge in [0.2, 0.25) is 0 Å². The highest BCUT2D eigenvalue weighted by Crippen LogP contribution is 2.44. The first-order chi connectivity index (χ1) is 15.1. The lowest BCUT2D eigenvalue weighted by Crippen LogP contribution is -2.29. The van der Waals surface area contributed by atoms with E-state index in [0.29, 0.717) is 16.4 Å². The molecule has 1 aromatic carbocycles. The second-order valence-corrected chi connectivity index (χ2v) is 8.56. The summed E-state index contributed by atoms with van der Waals surface area (Å²) in [6.07, 6.45) is 1.52. The zero-order chi connectivity index (χ0) is 21.5. The fraction of sp³-hybridized carbons (Fsp3) is 0.0909. The Kier molecular flexibility index (Phi) is 4.76. The number of hydrogen-bond donors (Lipinski definition) is 1. The number of aliphatic hydroxyl groups is 1. The number of anilines is 1. The number of Topliss-reactive ketones (excluding diaryl/α,β-unsaturated/α-hetero) is 1. The van der Waals surface area contributed by atoms with Gasteiger partial charge < -0.3 is 9.84 Å². The molecule has 1 saturated heterocycles. The molecule has 1 atom stereocenters. The van der Waals surface area contributed by atoms with Gasteiger partial charge in [-0.15, -0.1) is 0 Å². The normalized spacial score (nSPS) is 18.1. The first-order valence-corrected chi connectivity index (χ1v) is 11.0. The zero-order valence-electron chi connectivity index (χ0n) is 16.2. The van der Waals surface area contributed by atoms with Crippen molar-refractivity contribution < 1.29 is 19.4 Å². The first-order valence-electron chi connectivity index (χ1n) is 9.27. The number of amides is 1. The van der Waals surface area contributed by atoms with Gasteiger partial charge in [-0.1, -0.05) is 17.4 Å². The largest absolute Gasteiger partial charge is 0.505 e. The molecule has 31 heavy (non-hydrogen) atoms. The number of nitrogens with zero attached hydrogens (tertiary/aromatic N) is 3. The molecule has 1 fully saturated rings. The van der Waals surface area contributed by atoms with Gasteiger partial charge in [-0.3, -0.25) is 19.5 Å². The van der Waals surface area contributed by atoms with E-state index in [1.807, 2.05) is 22.9 Å². The molecule has 0 saturated carbocycles. The lowest BCUT2D eigenvalue weighted by atomic mass is 9.99. The summed E-state index contributed by atoms with van der Waals surface area (Å²) in [6, 6.07) is 11.5. The lowest BCUT2D eigenvalue weighted by Gasteiger charge is -2.21. The van der Waals surface area contributed by atoms with Crippen molar-refractivity contribution in [3.63, 3.8) is 0 Å². The molecule has 0 spiro atoms. The molecule has 4 aromatic rings. The molecular weight excluding hydrogens is 434 g/mol. The fourth-order valence-electron chi connectivity index (χ4n) is 3.54. The van der Waals surface area contributed by atoms with Gasteiger partial charge in [-0.2, -0.15) is 11.3 Å². The van der Waals surface area contributed by atoms with Crippen LogP contribution in [-0.4, -0.2) is 33.9 Å². The van der Waals surface area contributed by atoms with Crippen LogP contribution >= 0.6 is 22.7 Å². The fourth-order valence-corrected chi connectivity index (χ4v) is 5.24. The smallest absolute Gasteiger partial charge is 0.301 e. The van der Waals surface area contributed by atoms with E-state index < -0.39 is 17.7 Å². The van der Waals surface area contributed by atoms with Crippen molar-refractivity contribution in [1.29, 1.82) is 0 Å². The van der Waals surface area contributed by atoms with E-state index in [1.54, 1.807) is 37.4 Å². The van der Waals surface area contributed by atoms with Crippen LogP contribution in [0.4, 0.5) is 5.13 Å². The number of ketones is 1. The van der Waals surface area contributed by atoms with Crippen LogP contribution in [0.2, 0.25) is 0 Å². The van der Waals surface area contributed by atoms with Gasteiger partial charge in [0.05, 0.1) is 28.9 Å². The van der Waals surface area contributed by atoms with Gasteiger partial charge >= 0.3 is 5.91 Å². The highest BCUT2D eigenvalue weighted by atomic mass is 32.1. The summed E-state index contributed by atoms with van der Waals surface area (Å²) in [4.78, 5) is 36.2. The Labute approximate surface area is 184 Å². The Morgan fingerprint density at radius 1 is 1.19 bits per heavy atom. The van der Waals surface area contributed by atoms with Crippen LogP contribution in [0.1, 0.15) is 17.3 Å². The van der Waals surface area contributed by atoms with Gasteiger partial charge in [0.25, 0.3) is 5.78 Å². The minimum Gasteiger partial charge on any atom is -0.505 e. The number of thiophene rings is 1. The third-order valence-electron chi connectivity index (χ3n) is 5.00. The van der Waals surface area contributed by atoms with Crippen LogP contribution in [0.15, 0.2) is 65.0 Å². The third-order valence-corrected chi connectivity index (χ3v) is 6.72. The molecule has 1 amide bonds. The number of carbonyl (C=O) groups excluding carboxylic acids is 2. The van der Waals surface area contributed by atoms with Gasteiger partial charge in [-0.05, 0) is 52.7 Å². The molecule has 1 aliphatic rings. The summed E-state index contributed by atoms with van der Waals surface area (Å²) in [5, 5.41) is 15.0. The maximum absolute atomic E-state index is 13.1. The van der Waals surface area contributed by atoms with E-state index in [4.69, 9.17) is 4.74 Å². The van der Waals surface area contributed by atoms with Gasteiger partial charge in [-0.25, -0.2) is 4.98 Å². The highest BCUT2D eigenvalue weighted by Gasteiger charge is 2.48. The number of fused-ring (bicyclic) bond motifs is 1. The van der Waals surface area contributed by atoms with E-state index in [2.05, 4.69) is 9.97 Å². The second kappa shape index (κ2) is 7.60. The summed E-state index contributed by atoms with van der Waals surface area (Å²) in [5.41, 5.74) is 1.64. The quantitative estimate of drug-likeness (QED) is 0.282. The van der Waals surface area contributed by atoms with Crippen LogP contribution in [0.3, 0.4) is 0 Å². The second-order valence-electron chi connectivity index (χ2n) is 6.77. The minimum absolute atomic E-state index is 0.000985. The molecule has 1 unspecified atom stereocenters. The standard InChI is InChI=1S/C22H15N3O4S2/c1-29-13-5-6-14-16(10-13)31-22(24-14)25-18(12-7-9-30-11-12)17(20(27)21(25)28)19(26)15-4-2-3-8-23-15/h2-11,18,26H,1H3. The van der Waals surface area contributed by atoms with E-state index in [0.717, 1.165) is 10.3 Å². The molecule has 9 heteroatoms. The molecule has 0 bridgehead atoms. The summed E-state index contributed by atoms with van der Waals surface area (Å²) in [6.45, 7) is 0.